The molecule has 1 saturated heterocycles. The molecule has 1 aliphatic heterocycles. The number of hydrazine groups is 1. The SMILES string of the molecule is Cc1cccc(C2NNC(c3cccc(C)c3)C2C)c1. The summed E-state index contributed by atoms with van der Waals surface area (Å²) in [5.74, 6) is 0.513. The monoisotopic (exact) mass is 266 g/mol. The van der Waals surface area contributed by atoms with Crippen LogP contribution >= 0.6 is 0 Å². The fourth-order valence-corrected chi connectivity index (χ4v) is 3.14. The van der Waals surface area contributed by atoms with Gasteiger partial charge in [0.1, 0.15) is 0 Å². The molecule has 0 bridgehead atoms. The molecule has 0 saturated carbocycles. The van der Waals surface area contributed by atoms with Crippen LogP contribution < -0.4 is 10.9 Å². The van der Waals surface area contributed by atoms with Crippen molar-refractivity contribution < 1.29 is 0 Å². The van der Waals surface area contributed by atoms with Crippen molar-refractivity contribution in [2.24, 2.45) is 5.92 Å². The third-order valence-corrected chi connectivity index (χ3v) is 4.25. The quantitative estimate of drug-likeness (QED) is 0.863. The van der Waals surface area contributed by atoms with E-state index in [0.717, 1.165) is 0 Å². The zero-order valence-corrected chi connectivity index (χ0v) is 12.4. The molecule has 2 N–H and O–H groups in total. The van der Waals surface area contributed by atoms with E-state index in [-0.39, 0.29) is 0 Å². The minimum atomic E-state index is 0.361. The minimum absolute atomic E-state index is 0.361. The van der Waals surface area contributed by atoms with Crippen molar-refractivity contribution in [1.29, 1.82) is 0 Å². The van der Waals surface area contributed by atoms with Crippen molar-refractivity contribution in [2.45, 2.75) is 32.9 Å². The van der Waals surface area contributed by atoms with Crippen molar-refractivity contribution in [3.8, 4) is 0 Å². The zero-order chi connectivity index (χ0) is 14.1. The summed E-state index contributed by atoms with van der Waals surface area (Å²) in [6.45, 7) is 6.61. The summed E-state index contributed by atoms with van der Waals surface area (Å²) in [5, 5.41) is 0. The summed E-state index contributed by atoms with van der Waals surface area (Å²) in [6, 6.07) is 18.3. The number of benzene rings is 2. The molecule has 1 heterocycles. The lowest BCUT2D eigenvalue weighted by atomic mass is 9.87. The van der Waals surface area contributed by atoms with Crippen LogP contribution in [0.2, 0.25) is 0 Å². The predicted molar refractivity (Wildman–Crippen MR) is 83.3 cm³/mol. The maximum atomic E-state index is 3.47. The lowest BCUT2D eigenvalue weighted by molar-refractivity contribution is 0.466. The third kappa shape index (κ3) is 2.49. The van der Waals surface area contributed by atoms with Gasteiger partial charge in [-0.2, -0.15) is 0 Å². The second kappa shape index (κ2) is 5.39. The van der Waals surface area contributed by atoms with E-state index >= 15 is 0 Å². The molecule has 2 aromatic rings. The largest absolute Gasteiger partial charge is 0.249 e. The maximum absolute atomic E-state index is 3.47. The van der Waals surface area contributed by atoms with Gasteiger partial charge in [0.2, 0.25) is 0 Å². The number of hydrogen-bond acceptors (Lipinski definition) is 2. The van der Waals surface area contributed by atoms with Crippen molar-refractivity contribution in [2.75, 3.05) is 0 Å². The van der Waals surface area contributed by atoms with Crippen LogP contribution in [-0.2, 0) is 0 Å². The van der Waals surface area contributed by atoms with Gasteiger partial charge in [-0.1, -0.05) is 66.6 Å². The molecule has 0 aliphatic carbocycles. The van der Waals surface area contributed by atoms with Gasteiger partial charge in [-0.15, -0.1) is 0 Å². The lowest BCUT2D eigenvalue weighted by Gasteiger charge is -2.19. The highest BCUT2D eigenvalue weighted by atomic mass is 15.4. The first kappa shape index (κ1) is 13.3. The third-order valence-electron chi connectivity index (χ3n) is 4.25. The van der Waals surface area contributed by atoms with Gasteiger partial charge in [0.15, 0.2) is 0 Å². The maximum Gasteiger partial charge on any atom is 0.0506 e. The summed E-state index contributed by atoms with van der Waals surface area (Å²) in [7, 11) is 0. The van der Waals surface area contributed by atoms with Gasteiger partial charge in [-0.3, -0.25) is 0 Å². The fraction of sp³-hybridized carbons (Fsp3) is 0.333. The van der Waals surface area contributed by atoms with Gasteiger partial charge in [0, 0.05) is 0 Å². The first-order chi connectivity index (χ1) is 9.65. The fourth-order valence-electron chi connectivity index (χ4n) is 3.14. The Morgan fingerprint density at radius 2 is 1.20 bits per heavy atom. The zero-order valence-electron chi connectivity index (χ0n) is 12.4. The van der Waals surface area contributed by atoms with Crippen LogP contribution in [0.4, 0.5) is 0 Å². The van der Waals surface area contributed by atoms with E-state index in [0.29, 0.717) is 18.0 Å². The van der Waals surface area contributed by atoms with Crippen LogP contribution in [0.3, 0.4) is 0 Å². The van der Waals surface area contributed by atoms with E-state index in [2.05, 4.69) is 80.2 Å². The molecular weight excluding hydrogens is 244 g/mol. The Morgan fingerprint density at radius 3 is 1.60 bits per heavy atom. The van der Waals surface area contributed by atoms with E-state index in [1.165, 1.54) is 22.3 Å². The average molecular weight is 266 g/mol. The van der Waals surface area contributed by atoms with Gasteiger partial charge in [-0.25, -0.2) is 10.9 Å². The lowest BCUT2D eigenvalue weighted by Crippen LogP contribution is -2.26. The summed E-state index contributed by atoms with van der Waals surface area (Å²) in [4.78, 5) is 0. The molecule has 2 nitrogen and oxygen atoms in total. The van der Waals surface area contributed by atoms with Gasteiger partial charge in [0.05, 0.1) is 12.1 Å². The summed E-state index contributed by atoms with van der Waals surface area (Å²) >= 11 is 0. The van der Waals surface area contributed by atoms with Crippen LogP contribution in [0.1, 0.15) is 41.3 Å². The summed E-state index contributed by atoms with van der Waals surface area (Å²) < 4.78 is 0. The Bertz CT molecular complexity index is 552. The van der Waals surface area contributed by atoms with Gasteiger partial charge in [-0.05, 0) is 30.9 Å². The highest BCUT2D eigenvalue weighted by molar-refractivity contribution is 5.30. The van der Waals surface area contributed by atoms with E-state index in [4.69, 9.17) is 0 Å². The minimum Gasteiger partial charge on any atom is -0.249 e. The molecule has 0 aromatic heterocycles. The average Bonchev–Trinajstić information content (AvgIpc) is 2.80. The Balaban J connectivity index is 1.85. The van der Waals surface area contributed by atoms with Crippen LogP contribution in [0.25, 0.3) is 0 Å². The number of aryl methyl sites for hydroxylation is 2. The molecule has 2 atom stereocenters. The molecule has 104 valence electrons. The van der Waals surface area contributed by atoms with Crippen LogP contribution in [0, 0.1) is 19.8 Å². The smallest absolute Gasteiger partial charge is 0.0506 e. The second-order valence-corrected chi connectivity index (χ2v) is 5.93. The number of rotatable bonds is 2. The second-order valence-electron chi connectivity index (χ2n) is 5.93. The standard InChI is InChI=1S/C18H22N2/c1-12-6-4-8-15(10-12)17-14(3)18(20-19-17)16-9-5-7-13(2)11-16/h4-11,14,17-20H,1-3H3. The normalized spacial score (nSPS) is 25.9. The van der Waals surface area contributed by atoms with Crippen molar-refractivity contribution in [1.82, 2.24) is 10.9 Å². The topological polar surface area (TPSA) is 24.1 Å². The summed E-state index contributed by atoms with van der Waals surface area (Å²) in [6.07, 6.45) is 0. The van der Waals surface area contributed by atoms with Crippen molar-refractivity contribution in [3.63, 3.8) is 0 Å². The summed E-state index contributed by atoms with van der Waals surface area (Å²) in [5.41, 5.74) is 12.3. The molecule has 0 amide bonds. The molecule has 2 unspecified atom stereocenters. The molecular formula is C18H22N2. The first-order valence-corrected chi connectivity index (χ1v) is 7.29. The molecule has 0 spiro atoms. The van der Waals surface area contributed by atoms with Crippen molar-refractivity contribution in [3.05, 3.63) is 70.8 Å². The van der Waals surface area contributed by atoms with Crippen molar-refractivity contribution >= 4 is 0 Å². The number of nitrogens with one attached hydrogen (secondary N) is 2. The molecule has 2 heteroatoms. The predicted octanol–water partition coefficient (Wildman–Crippen LogP) is 3.83. The van der Waals surface area contributed by atoms with Gasteiger partial charge < -0.3 is 0 Å². The molecule has 0 radical (unpaired) electrons. The Labute approximate surface area is 121 Å². The van der Waals surface area contributed by atoms with Crippen LogP contribution in [0.5, 0.6) is 0 Å². The first-order valence-electron chi connectivity index (χ1n) is 7.29. The molecule has 2 aromatic carbocycles. The van der Waals surface area contributed by atoms with Crippen LogP contribution in [0.15, 0.2) is 48.5 Å². The Hall–Kier alpha value is -1.64. The highest BCUT2D eigenvalue weighted by Gasteiger charge is 2.34. The molecule has 20 heavy (non-hydrogen) atoms. The Kier molecular flexibility index (Phi) is 3.60. The molecule has 1 aliphatic rings. The Morgan fingerprint density at radius 1 is 0.750 bits per heavy atom. The highest BCUT2D eigenvalue weighted by Crippen LogP contribution is 2.36. The van der Waals surface area contributed by atoms with Crippen LogP contribution in [-0.4, -0.2) is 0 Å². The van der Waals surface area contributed by atoms with E-state index < -0.39 is 0 Å². The number of hydrogen-bond donors (Lipinski definition) is 2. The molecule has 1 fully saturated rings. The van der Waals surface area contributed by atoms with Gasteiger partial charge >= 0.3 is 0 Å². The van der Waals surface area contributed by atoms with E-state index in [1.54, 1.807) is 0 Å². The molecule has 3 rings (SSSR count). The van der Waals surface area contributed by atoms with E-state index in [9.17, 15) is 0 Å². The van der Waals surface area contributed by atoms with E-state index in [1.807, 2.05) is 0 Å². The van der Waals surface area contributed by atoms with Gasteiger partial charge in [0.25, 0.3) is 0 Å².